The predicted molar refractivity (Wildman–Crippen MR) is 35.5 cm³/mol. The van der Waals surface area contributed by atoms with Gasteiger partial charge in [-0.05, 0) is 0 Å². The first kappa shape index (κ1) is 4.89. The van der Waals surface area contributed by atoms with E-state index < -0.39 is 0 Å². The molecule has 0 saturated carbocycles. The second-order valence-corrected chi connectivity index (χ2v) is 2.34. The maximum Gasteiger partial charge on any atom is 0.144 e. The van der Waals surface area contributed by atoms with Crippen LogP contribution in [0.25, 0.3) is 5.65 Å². The zero-order valence-electron chi connectivity index (χ0n) is 4.60. The molecule has 44 valence electrons. The monoisotopic (exact) mass is 137 g/mol. The highest BCUT2D eigenvalue weighted by Crippen LogP contribution is 2.03. The summed E-state index contributed by atoms with van der Waals surface area (Å²) in [4.78, 5) is 3.92. The summed E-state index contributed by atoms with van der Waals surface area (Å²) in [6, 6.07) is 1.89. The second-order valence-electron chi connectivity index (χ2n) is 1.68. The van der Waals surface area contributed by atoms with Crippen LogP contribution in [0.2, 0.25) is 0 Å². The molecule has 2 rings (SSSR count). The highest BCUT2D eigenvalue weighted by molar-refractivity contribution is 7.24. The van der Waals surface area contributed by atoms with Crippen molar-refractivity contribution >= 4 is 14.0 Å². The molecule has 0 unspecified atom stereocenters. The van der Waals surface area contributed by atoms with E-state index >= 15 is 0 Å². The highest BCUT2D eigenvalue weighted by atomic mass is 31.0. The first-order valence-electron chi connectivity index (χ1n) is 2.56. The summed E-state index contributed by atoms with van der Waals surface area (Å²) in [7, 11) is 0.998. The number of fused-ring (bicyclic) bond motifs is 1. The van der Waals surface area contributed by atoms with Gasteiger partial charge in [-0.15, -0.1) is 0 Å². The van der Waals surface area contributed by atoms with Gasteiger partial charge in [-0.25, -0.2) is 9.73 Å². The molecule has 0 fully saturated rings. The quantitative estimate of drug-likeness (QED) is 0.548. The van der Waals surface area contributed by atoms with Crippen LogP contribution in [0.5, 0.6) is 0 Å². The molecule has 0 aliphatic heterocycles. The molecule has 0 aliphatic rings. The van der Waals surface area contributed by atoms with Gasteiger partial charge in [0.15, 0.2) is 0 Å². The SMILES string of the molecule is c1cc2npcn2cn1. The van der Waals surface area contributed by atoms with E-state index in [0.717, 1.165) is 14.0 Å². The van der Waals surface area contributed by atoms with Gasteiger partial charge in [0.1, 0.15) is 12.0 Å². The fourth-order valence-corrected chi connectivity index (χ4v) is 1.31. The maximum atomic E-state index is 4.14. The molecular formula is C5H4N3P. The Morgan fingerprint density at radius 3 is 3.44 bits per heavy atom. The van der Waals surface area contributed by atoms with Gasteiger partial charge in [-0.2, -0.15) is 0 Å². The molecule has 2 aromatic heterocycles. The van der Waals surface area contributed by atoms with Crippen LogP contribution in [0.4, 0.5) is 0 Å². The summed E-state index contributed by atoms with van der Waals surface area (Å²) in [6.45, 7) is 0. The van der Waals surface area contributed by atoms with Crippen LogP contribution in [0.3, 0.4) is 0 Å². The lowest BCUT2D eigenvalue weighted by Crippen LogP contribution is -1.81. The maximum absolute atomic E-state index is 4.14. The van der Waals surface area contributed by atoms with Crippen molar-refractivity contribution in [1.82, 2.24) is 14.1 Å². The van der Waals surface area contributed by atoms with Gasteiger partial charge in [0.25, 0.3) is 0 Å². The Balaban J connectivity index is 2.95. The molecule has 3 nitrogen and oxygen atoms in total. The molecule has 0 aliphatic carbocycles. The zero-order valence-corrected chi connectivity index (χ0v) is 5.49. The van der Waals surface area contributed by atoms with E-state index in [1.165, 1.54) is 0 Å². The van der Waals surface area contributed by atoms with E-state index in [-0.39, 0.29) is 0 Å². The lowest BCUT2D eigenvalue weighted by molar-refractivity contribution is 1.09. The molecule has 0 N–H and O–H groups in total. The van der Waals surface area contributed by atoms with Crippen LogP contribution in [0.15, 0.2) is 24.5 Å². The Morgan fingerprint density at radius 1 is 1.56 bits per heavy atom. The number of aromatic nitrogens is 3. The van der Waals surface area contributed by atoms with E-state index in [9.17, 15) is 0 Å². The first-order chi connectivity index (χ1) is 4.47. The average molecular weight is 137 g/mol. The summed E-state index contributed by atoms with van der Waals surface area (Å²) in [6.07, 6.45) is 3.49. The van der Waals surface area contributed by atoms with E-state index in [1.54, 1.807) is 12.5 Å². The molecular weight excluding hydrogens is 133 g/mol. The summed E-state index contributed by atoms with van der Waals surface area (Å²) in [5.41, 5.74) is 0.978. The molecule has 0 atom stereocenters. The van der Waals surface area contributed by atoms with Crippen molar-refractivity contribution < 1.29 is 0 Å². The summed E-state index contributed by atoms with van der Waals surface area (Å²) < 4.78 is 6.04. The fourth-order valence-electron chi connectivity index (χ4n) is 0.680. The van der Waals surface area contributed by atoms with Gasteiger partial charge in [0.2, 0.25) is 0 Å². The molecule has 2 aromatic rings. The lowest BCUT2D eigenvalue weighted by atomic mass is 10.6. The molecule has 0 amide bonds. The van der Waals surface area contributed by atoms with Crippen molar-refractivity contribution in [3.63, 3.8) is 0 Å². The third kappa shape index (κ3) is 0.698. The third-order valence-electron chi connectivity index (χ3n) is 1.10. The number of hydrogen-bond acceptors (Lipinski definition) is 2. The van der Waals surface area contributed by atoms with Crippen LogP contribution < -0.4 is 0 Å². The molecule has 0 aromatic carbocycles. The Hall–Kier alpha value is -0.950. The normalized spacial score (nSPS) is 11.1. The van der Waals surface area contributed by atoms with Crippen LogP contribution in [-0.4, -0.2) is 14.1 Å². The molecule has 0 saturated heterocycles. The zero-order chi connectivity index (χ0) is 6.10. The van der Waals surface area contributed by atoms with Crippen molar-refractivity contribution in [2.45, 2.75) is 0 Å². The van der Waals surface area contributed by atoms with Gasteiger partial charge in [-0.1, -0.05) is 0 Å². The molecule has 0 radical (unpaired) electrons. The second kappa shape index (κ2) is 1.78. The highest BCUT2D eigenvalue weighted by Gasteiger charge is 1.87. The topological polar surface area (TPSA) is 30.2 Å². The van der Waals surface area contributed by atoms with Crippen LogP contribution in [0, 0.1) is 0 Å². The van der Waals surface area contributed by atoms with Gasteiger partial charge in [-0.3, -0.25) is 4.40 Å². The Kier molecular flexibility index (Phi) is 0.965. The number of nitrogens with zero attached hydrogens (tertiary/aromatic N) is 3. The van der Waals surface area contributed by atoms with Crippen LogP contribution >= 0.6 is 8.35 Å². The van der Waals surface area contributed by atoms with Crippen molar-refractivity contribution in [2.24, 2.45) is 0 Å². The number of rotatable bonds is 0. The molecule has 0 spiro atoms. The molecule has 9 heavy (non-hydrogen) atoms. The van der Waals surface area contributed by atoms with Crippen molar-refractivity contribution in [3.05, 3.63) is 24.5 Å². The van der Waals surface area contributed by atoms with E-state index in [1.807, 2.05) is 16.4 Å². The van der Waals surface area contributed by atoms with Crippen molar-refractivity contribution in [3.8, 4) is 0 Å². The standard InChI is InChI=1S/C5H4N3P/c1-2-6-3-8-4-9-7-5(1)8/h1-4H. The summed E-state index contributed by atoms with van der Waals surface area (Å²) >= 11 is 0. The lowest BCUT2D eigenvalue weighted by Gasteiger charge is -1.85. The van der Waals surface area contributed by atoms with Crippen LogP contribution in [0.1, 0.15) is 0 Å². The van der Waals surface area contributed by atoms with E-state index in [0.29, 0.717) is 0 Å². The van der Waals surface area contributed by atoms with Crippen LogP contribution in [-0.2, 0) is 0 Å². The first-order valence-corrected chi connectivity index (χ1v) is 3.48. The fraction of sp³-hybridized carbons (Fsp3) is 0. The smallest absolute Gasteiger partial charge is 0.144 e. The minimum Gasteiger partial charge on any atom is -0.286 e. The largest absolute Gasteiger partial charge is 0.286 e. The minimum absolute atomic E-state index is 0.978. The molecule has 0 bridgehead atoms. The van der Waals surface area contributed by atoms with Gasteiger partial charge in [0, 0.05) is 12.3 Å². The van der Waals surface area contributed by atoms with E-state index in [2.05, 4.69) is 9.73 Å². The summed E-state index contributed by atoms with van der Waals surface area (Å²) in [5.74, 6) is 1.96. The molecule has 4 heteroatoms. The Labute approximate surface area is 53.5 Å². The average Bonchev–Trinajstić information content (AvgIpc) is 2.33. The number of hydrogen-bond donors (Lipinski definition) is 0. The molecule has 2 heterocycles. The minimum atomic E-state index is 0.978. The van der Waals surface area contributed by atoms with Gasteiger partial charge >= 0.3 is 0 Å². The van der Waals surface area contributed by atoms with Gasteiger partial charge < -0.3 is 0 Å². The van der Waals surface area contributed by atoms with Crippen molar-refractivity contribution in [2.75, 3.05) is 0 Å². The Morgan fingerprint density at radius 2 is 2.56 bits per heavy atom. The van der Waals surface area contributed by atoms with Crippen molar-refractivity contribution in [1.29, 1.82) is 0 Å². The van der Waals surface area contributed by atoms with E-state index in [4.69, 9.17) is 0 Å². The summed E-state index contributed by atoms with van der Waals surface area (Å²) in [5, 5.41) is 0. The predicted octanol–water partition coefficient (Wildman–Crippen LogP) is 1.31. The Bertz CT molecular complexity index is 286. The van der Waals surface area contributed by atoms with Gasteiger partial charge in [0.05, 0.1) is 14.3 Å². The third-order valence-corrected chi connectivity index (χ3v) is 1.77.